The van der Waals surface area contributed by atoms with Crippen molar-refractivity contribution in [1.29, 1.82) is 0 Å². The molecule has 0 heterocycles. The van der Waals surface area contributed by atoms with Crippen molar-refractivity contribution in [1.82, 2.24) is 0 Å². The van der Waals surface area contributed by atoms with Gasteiger partial charge in [-0.25, -0.2) is 9.59 Å². The Morgan fingerprint density at radius 1 is 1.08 bits per heavy atom. The SMILES string of the molecule is CC(C)(C)OC(=O)Nc1cc(OCc2ccccc2)ccc1C(=O)O. The molecule has 132 valence electrons. The number of carboxylic acids is 1. The smallest absolute Gasteiger partial charge is 0.412 e. The first kappa shape index (κ1) is 18.3. The average molecular weight is 343 g/mol. The highest BCUT2D eigenvalue weighted by atomic mass is 16.6. The lowest BCUT2D eigenvalue weighted by Crippen LogP contribution is -2.27. The fraction of sp³-hybridized carbons (Fsp3) is 0.263. The monoisotopic (exact) mass is 343 g/mol. The fourth-order valence-electron chi connectivity index (χ4n) is 2.06. The molecule has 0 aliphatic heterocycles. The molecule has 6 nitrogen and oxygen atoms in total. The van der Waals surface area contributed by atoms with Gasteiger partial charge >= 0.3 is 12.1 Å². The van der Waals surface area contributed by atoms with Crippen molar-refractivity contribution in [2.24, 2.45) is 0 Å². The summed E-state index contributed by atoms with van der Waals surface area (Å²) in [4.78, 5) is 23.3. The number of benzene rings is 2. The topological polar surface area (TPSA) is 84.9 Å². The van der Waals surface area contributed by atoms with Gasteiger partial charge in [0.1, 0.15) is 18.0 Å². The van der Waals surface area contributed by atoms with Gasteiger partial charge in [-0.05, 0) is 38.5 Å². The molecule has 0 spiro atoms. The first-order valence-electron chi connectivity index (χ1n) is 7.79. The van der Waals surface area contributed by atoms with Gasteiger partial charge in [-0.15, -0.1) is 0 Å². The lowest BCUT2D eigenvalue weighted by molar-refractivity contribution is 0.0636. The van der Waals surface area contributed by atoms with E-state index in [1.807, 2.05) is 30.3 Å². The number of aromatic carboxylic acids is 1. The van der Waals surface area contributed by atoms with Crippen molar-refractivity contribution in [2.45, 2.75) is 33.0 Å². The van der Waals surface area contributed by atoms with Crippen LogP contribution in [-0.2, 0) is 11.3 Å². The van der Waals surface area contributed by atoms with Gasteiger partial charge in [-0.3, -0.25) is 5.32 Å². The van der Waals surface area contributed by atoms with Gasteiger partial charge < -0.3 is 14.6 Å². The van der Waals surface area contributed by atoms with E-state index in [0.29, 0.717) is 12.4 Å². The van der Waals surface area contributed by atoms with E-state index in [2.05, 4.69) is 5.32 Å². The van der Waals surface area contributed by atoms with Crippen molar-refractivity contribution < 1.29 is 24.2 Å². The summed E-state index contributed by atoms with van der Waals surface area (Å²) in [5, 5.41) is 11.7. The normalized spacial score (nSPS) is 10.8. The summed E-state index contributed by atoms with van der Waals surface area (Å²) < 4.78 is 10.8. The van der Waals surface area contributed by atoms with Crippen LogP contribution in [0, 0.1) is 0 Å². The van der Waals surface area contributed by atoms with E-state index < -0.39 is 17.7 Å². The Kier molecular flexibility index (Phi) is 5.64. The summed E-state index contributed by atoms with van der Waals surface area (Å²) >= 11 is 0. The molecule has 2 N–H and O–H groups in total. The summed E-state index contributed by atoms with van der Waals surface area (Å²) in [5.41, 5.74) is 0.367. The summed E-state index contributed by atoms with van der Waals surface area (Å²) in [6, 6.07) is 14.0. The van der Waals surface area contributed by atoms with E-state index in [0.717, 1.165) is 5.56 Å². The summed E-state index contributed by atoms with van der Waals surface area (Å²) in [6.45, 7) is 5.51. The molecule has 0 aromatic heterocycles. The zero-order valence-corrected chi connectivity index (χ0v) is 14.4. The Balaban J connectivity index is 2.15. The van der Waals surface area contributed by atoms with Crippen LogP contribution in [0.15, 0.2) is 48.5 Å². The second kappa shape index (κ2) is 7.70. The van der Waals surface area contributed by atoms with Crippen molar-refractivity contribution >= 4 is 17.7 Å². The standard InChI is InChI=1S/C19H21NO5/c1-19(2,3)25-18(23)20-16-11-14(9-10-15(16)17(21)22)24-12-13-7-5-4-6-8-13/h4-11H,12H2,1-3H3,(H,20,23)(H,21,22). The molecular formula is C19H21NO5. The number of amides is 1. The molecule has 0 atom stereocenters. The maximum Gasteiger partial charge on any atom is 0.412 e. The second-order valence-corrected chi connectivity index (χ2v) is 6.41. The van der Waals surface area contributed by atoms with Gasteiger partial charge in [0.05, 0.1) is 11.3 Å². The van der Waals surface area contributed by atoms with Gasteiger partial charge in [0.25, 0.3) is 0 Å². The van der Waals surface area contributed by atoms with E-state index in [1.165, 1.54) is 12.1 Å². The number of hydrogen-bond acceptors (Lipinski definition) is 4. The Hall–Kier alpha value is -3.02. The maximum atomic E-state index is 11.9. The molecule has 2 aromatic carbocycles. The quantitative estimate of drug-likeness (QED) is 0.845. The minimum absolute atomic E-state index is 0.0436. The van der Waals surface area contributed by atoms with Crippen LogP contribution in [0.5, 0.6) is 5.75 Å². The van der Waals surface area contributed by atoms with Crippen LogP contribution in [0.25, 0.3) is 0 Å². The first-order valence-corrected chi connectivity index (χ1v) is 7.79. The summed E-state index contributed by atoms with van der Waals surface area (Å²) in [5.74, 6) is -0.708. The van der Waals surface area contributed by atoms with Gasteiger partial charge in [-0.1, -0.05) is 30.3 Å². The zero-order chi connectivity index (χ0) is 18.4. The predicted molar refractivity (Wildman–Crippen MR) is 94.0 cm³/mol. The number of ether oxygens (including phenoxy) is 2. The molecule has 0 fully saturated rings. The van der Waals surface area contributed by atoms with Crippen molar-refractivity contribution in [2.75, 3.05) is 5.32 Å². The van der Waals surface area contributed by atoms with Gasteiger partial charge in [0, 0.05) is 6.07 Å². The number of nitrogens with one attached hydrogen (secondary N) is 1. The van der Waals surface area contributed by atoms with E-state index in [-0.39, 0.29) is 11.3 Å². The molecule has 0 saturated heterocycles. The molecule has 0 radical (unpaired) electrons. The van der Waals surface area contributed by atoms with Crippen LogP contribution in [0.1, 0.15) is 36.7 Å². The summed E-state index contributed by atoms with van der Waals surface area (Å²) in [7, 11) is 0. The molecule has 6 heteroatoms. The highest BCUT2D eigenvalue weighted by Crippen LogP contribution is 2.24. The third kappa shape index (κ3) is 5.84. The molecule has 2 aromatic rings. The molecule has 0 aliphatic carbocycles. The second-order valence-electron chi connectivity index (χ2n) is 6.41. The minimum Gasteiger partial charge on any atom is -0.489 e. The highest BCUT2D eigenvalue weighted by molar-refractivity contribution is 5.99. The fourth-order valence-corrected chi connectivity index (χ4v) is 2.06. The Labute approximate surface area is 146 Å². The van der Waals surface area contributed by atoms with Crippen molar-refractivity contribution in [3.63, 3.8) is 0 Å². The van der Waals surface area contributed by atoms with Crippen LogP contribution in [0.4, 0.5) is 10.5 Å². The number of carboxylic acid groups (broad SMARTS) is 1. The number of carbonyl (C=O) groups excluding carboxylic acids is 1. The molecule has 0 aliphatic rings. The molecule has 0 bridgehead atoms. The van der Waals surface area contributed by atoms with E-state index in [4.69, 9.17) is 9.47 Å². The largest absolute Gasteiger partial charge is 0.489 e. The van der Waals surface area contributed by atoms with Crippen LogP contribution in [0.3, 0.4) is 0 Å². The van der Waals surface area contributed by atoms with Crippen LogP contribution in [-0.4, -0.2) is 22.8 Å². The van der Waals surface area contributed by atoms with E-state index >= 15 is 0 Å². The van der Waals surface area contributed by atoms with Crippen molar-refractivity contribution in [3.8, 4) is 5.75 Å². The van der Waals surface area contributed by atoms with Crippen LogP contribution in [0.2, 0.25) is 0 Å². The van der Waals surface area contributed by atoms with E-state index in [9.17, 15) is 14.7 Å². The third-order valence-corrected chi connectivity index (χ3v) is 3.11. The molecule has 0 saturated carbocycles. The maximum absolute atomic E-state index is 11.9. The summed E-state index contributed by atoms with van der Waals surface area (Å²) in [6.07, 6.45) is -0.727. The van der Waals surface area contributed by atoms with Gasteiger partial charge in [0.15, 0.2) is 0 Å². The average Bonchev–Trinajstić information content (AvgIpc) is 2.52. The highest BCUT2D eigenvalue weighted by Gasteiger charge is 2.19. The van der Waals surface area contributed by atoms with Gasteiger partial charge in [-0.2, -0.15) is 0 Å². The molecule has 1 amide bonds. The lowest BCUT2D eigenvalue weighted by atomic mass is 10.1. The number of hydrogen-bond donors (Lipinski definition) is 2. The molecule has 2 rings (SSSR count). The zero-order valence-electron chi connectivity index (χ0n) is 14.4. The number of anilines is 1. The predicted octanol–water partition coefficient (Wildman–Crippen LogP) is 4.31. The Morgan fingerprint density at radius 3 is 2.36 bits per heavy atom. The van der Waals surface area contributed by atoms with Gasteiger partial charge in [0.2, 0.25) is 0 Å². The number of rotatable bonds is 5. The molecular weight excluding hydrogens is 322 g/mol. The lowest BCUT2D eigenvalue weighted by Gasteiger charge is -2.20. The minimum atomic E-state index is -1.15. The Bertz CT molecular complexity index is 750. The van der Waals surface area contributed by atoms with Crippen molar-refractivity contribution in [3.05, 3.63) is 59.7 Å². The van der Waals surface area contributed by atoms with Crippen LogP contribution < -0.4 is 10.1 Å². The molecule has 25 heavy (non-hydrogen) atoms. The van der Waals surface area contributed by atoms with E-state index in [1.54, 1.807) is 26.8 Å². The number of carbonyl (C=O) groups is 2. The van der Waals surface area contributed by atoms with Crippen LogP contribution >= 0.6 is 0 Å². The Morgan fingerprint density at radius 2 is 1.76 bits per heavy atom. The third-order valence-electron chi connectivity index (χ3n) is 3.11. The first-order chi connectivity index (χ1) is 11.7. The molecule has 0 unspecified atom stereocenters.